The maximum Gasteiger partial charge on any atom is 0.222 e. The number of benzene rings is 1. The van der Waals surface area contributed by atoms with Crippen LogP contribution in [0, 0.1) is 11.7 Å². The third kappa shape index (κ3) is 9.10. The molecular weight excluding hydrogens is 482 g/mol. The largest absolute Gasteiger partial charge is 0.357 e. The highest BCUT2D eigenvalue weighted by molar-refractivity contribution is 14.0. The molecule has 0 spiro atoms. The van der Waals surface area contributed by atoms with E-state index in [2.05, 4.69) is 20.9 Å². The molecule has 0 aliphatic carbocycles. The summed E-state index contributed by atoms with van der Waals surface area (Å²) in [5.41, 5.74) is 0.503. The zero-order valence-electron chi connectivity index (χ0n) is 16.7. The molecule has 1 aromatic rings. The van der Waals surface area contributed by atoms with E-state index in [0.717, 1.165) is 12.1 Å². The van der Waals surface area contributed by atoms with Crippen molar-refractivity contribution in [2.24, 2.45) is 10.9 Å². The molecule has 0 saturated carbocycles. The van der Waals surface area contributed by atoms with Crippen molar-refractivity contribution in [2.45, 2.75) is 40.0 Å². The van der Waals surface area contributed by atoms with Gasteiger partial charge in [0.2, 0.25) is 5.91 Å². The predicted molar refractivity (Wildman–Crippen MR) is 122 cm³/mol. The van der Waals surface area contributed by atoms with E-state index in [1.807, 2.05) is 34.6 Å². The van der Waals surface area contributed by atoms with Crippen LogP contribution in [0.2, 0.25) is 5.02 Å². The molecule has 154 valence electrons. The molecule has 1 amide bonds. The second-order valence-electron chi connectivity index (χ2n) is 7.08. The fraction of sp³-hybridized carbons (Fsp3) is 0.579. The third-order valence-electron chi connectivity index (χ3n) is 3.88. The van der Waals surface area contributed by atoms with Crippen LogP contribution in [0.15, 0.2) is 23.2 Å². The first-order valence-corrected chi connectivity index (χ1v) is 9.30. The number of hydrogen-bond acceptors (Lipinski definition) is 2. The molecular formula is C19H31ClFIN4O. The van der Waals surface area contributed by atoms with Crippen LogP contribution in [-0.2, 0) is 10.2 Å². The monoisotopic (exact) mass is 512 g/mol. The molecule has 0 bridgehead atoms. The molecule has 1 aromatic carbocycles. The second-order valence-corrected chi connectivity index (χ2v) is 7.48. The first kappa shape index (κ1) is 25.9. The molecule has 27 heavy (non-hydrogen) atoms. The van der Waals surface area contributed by atoms with E-state index in [-0.39, 0.29) is 47.0 Å². The number of aliphatic imine (C=N–C) groups is 1. The van der Waals surface area contributed by atoms with Gasteiger partial charge < -0.3 is 16.0 Å². The van der Waals surface area contributed by atoms with E-state index >= 15 is 0 Å². The van der Waals surface area contributed by atoms with Gasteiger partial charge in [0.05, 0.1) is 6.54 Å². The lowest BCUT2D eigenvalue weighted by Gasteiger charge is -2.25. The zero-order valence-corrected chi connectivity index (χ0v) is 19.7. The predicted octanol–water partition coefficient (Wildman–Crippen LogP) is 3.70. The van der Waals surface area contributed by atoms with Gasteiger partial charge in [0, 0.05) is 36.0 Å². The topological polar surface area (TPSA) is 65.5 Å². The molecule has 0 radical (unpaired) electrons. The number of guanidine groups is 1. The van der Waals surface area contributed by atoms with Gasteiger partial charge in [-0.15, -0.1) is 24.0 Å². The number of nitrogens with zero attached hydrogens (tertiary/aromatic N) is 1. The summed E-state index contributed by atoms with van der Waals surface area (Å²) in [5, 5.41) is 9.62. The third-order valence-corrected chi connectivity index (χ3v) is 4.19. The summed E-state index contributed by atoms with van der Waals surface area (Å²) in [6, 6.07) is 4.44. The van der Waals surface area contributed by atoms with Gasteiger partial charge in [-0.05, 0) is 24.6 Å². The Morgan fingerprint density at radius 3 is 2.41 bits per heavy atom. The number of hydrogen-bond donors (Lipinski definition) is 3. The van der Waals surface area contributed by atoms with Gasteiger partial charge in [0.15, 0.2) is 5.96 Å². The van der Waals surface area contributed by atoms with Gasteiger partial charge in [-0.1, -0.05) is 45.4 Å². The van der Waals surface area contributed by atoms with Crippen molar-refractivity contribution in [3.8, 4) is 0 Å². The lowest BCUT2D eigenvalue weighted by atomic mass is 9.84. The molecule has 0 aliphatic heterocycles. The van der Waals surface area contributed by atoms with Gasteiger partial charge >= 0.3 is 0 Å². The van der Waals surface area contributed by atoms with Crippen LogP contribution in [0.4, 0.5) is 4.39 Å². The number of amides is 1. The number of carbonyl (C=O) groups excluding carboxylic acids is 1. The van der Waals surface area contributed by atoms with Crippen LogP contribution >= 0.6 is 35.6 Å². The quantitative estimate of drug-likeness (QED) is 0.215. The summed E-state index contributed by atoms with van der Waals surface area (Å²) in [4.78, 5) is 16.2. The van der Waals surface area contributed by atoms with E-state index in [1.165, 1.54) is 12.1 Å². The SMILES string of the molecule is CCNC(=NCC(C)(C)c1ccc(F)cc1Cl)NCCNC(=O)C(C)C.I. The van der Waals surface area contributed by atoms with Crippen molar-refractivity contribution in [1.29, 1.82) is 0 Å². The van der Waals surface area contributed by atoms with Crippen LogP contribution < -0.4 is 16.0 Å². The van der Waals surface area contributed by atoms with Crippen molar-refractivity contribution in [3.63, 3.8) is 0 Å². The highest BCUT2D eigenvalue weighted by Crippen LogP contribution is 2.30. The summed E-state index contributed by atoms with van der Waals surface area (Å²) < 4.78 is 13.3. The van der Waals surface area contributed by atoms with Crippen molar-refractivity contribution >= 4 is 47.4 Å². The average Bonchev–Trinajstić information content (AvgIpc) is 2.55. The lowest BCUT2D eigenvalue weighted by Crippen LogP contribution is -2.42. The van der Waals surface area contributed by atoms with Gasteiger partial charge in [0.25, 0.3) is 0 Å². The lowest BCUT2D eigenvalue weighted by molar-refractivity contribution is -0.123. The Morgan fingerprint density at radius 1 is 1.22 bits per heavy atom. The number of carbonyl (C=O) groups is 1. The summed E-state index contributed by atoms with van der Waals surface area (Å²) >= 11 is 6.19. The average molecular weight is 513 g/mol. The minimum absolute atomic E-state index is 0. The van der Waals surface area contributed by atoms with E-state index in [9.17, 15) is 9.18 Å². The minimum Gasteiger partial charge on any atom is -0.357 e. The van der Waals surface area contributed by atoms with E-state index < -0.39 is 0 Å². The van der Waals surface area contributed by atoms with Crippen LogP contribution in [0.5, 0.6) is 0 Å². The molecule has 8 heteroatoms. The van der Waals surface area contributed by atoms with Crippen LogP contribution in [0.1, 0.15) is 40.2 Å². The van der Waals surface area contributed by atoms with Crippen LogP contribution in [0.3, 0.4) is 0 Å². The molecule has 0 aromatic heterocycles. The molecule has 0 saturated heterocycles. The molecule has 0 fully saturated rings. The van der Waals surface area contributed by atoms with Gasteiger partial charge in [-0.3, -0.25) is 9.79 Å². The van der Waals surface area contributed by atoms with Crippen molar-refractivity contribution in [3.05, 3.63) is 34.6 Å². The van der Waals surface area contributed by atoms with Gasteiger partial charge in [-0.2, -0.15) is 0 Å². The summed E-state index contributed by atoms with van der Waals surface area (Å²) in [6.07, 6.45) is 0. The number of halogens is 3. The Bertz CT molecular complexity index is 638. The number of nitrogens with one attached hydrogen (secondary N) is 3. The van der Waals surface area contributed by atoms with E-state index in [1.54, 1.807) is 6.07 Å². The summed E-state index contributed by atoms with van der Waals surface area (Å²) in [5.74, 6) is 0.313. The molecule has 0 atom stereocenters. The van der Waals surface area contributed by atoms with Crippen molar-refractivity contribution in [1.82, 2.24) is 16.0 Å². The first-order chi connectivity index (χ1) is 12.2. The normalized spacial score (nSPS) is 11.8. The molecule has 0 heterocycles. The summed E-state index contributed by atoms with van der Waals surface area (Å²) in [7, 11) is 0. The molecule has 1 rings (SSSR count). The van der Waals surface area contributed by atoms with Crippen LogP contribution in [0.25, 0.3) is 0 Å². The van der Waals surface area contributed by atoms with Crippen molar-refractivity contribution < 1.29 is 9.18 Å². The van der Waals surface area contributed by atoms with Crippen molar-refractivity contribution in [2.75, 3.05) is 26.2 Å². The highest BCUT2D eigenvalue weighted by atomic mass is 127. The maximum absolute atomic E-state index is 13.3. The highest BCUT2D eigenvalue weighted by Gasteiger charge is 2.23. The Kier molecular flexibility index (Phi) is 11.9. The second kappa shape index (κ2) is 12.4. The molecule has 3 N–H and O–H groups in total. The molecule has 5 nitrogen and oxygen atoms in total. The molecule has 0 aliphatic rings. The Balaban J connectivity index is 0.00000676. The molecule has 0 unspecified atom stereocenters. The fourth-order valence-corrected chi connectivity index (χ4v) is 2.74. The number of rotatable bonds is 8. The Morgan fingerprint density at radius 2 is 1.85 bits per heavy atom. The van der Waals surface area contributed by atoms with Crippen LogP contribution in [-0.4, -0.2) is 38.0 Å². The fourth-order valence-electron chi connectivity index (χ4n) is 2.31. The van der Waals surface area contributed by atoms with E-state index in [4.69, 9.17) is 11.6 Å². The zero-order chi connectivity index (χ0) is 19.7. The first-order valence-electron chi connectivity index (χ1n) is 8.92. The minimum atomic E-state index is -0.350. The Labute approximate surface area is 183 Å². The Hall–Kier alpha value is -1.09. The maximum atomic E-state index is 13.3. The van der Waals surface area contributed by atoms with Gasteiger partial charge in [0.1, 0.15) is 5.82 Å². The summed E-state index contributed by atoms with van der Waals surface area (Å²) in [6.45, 7) is 12.0. The standard InChI is InChI=1S/C19H30ClFN4O.HI/c1-6-22-18(24-10-9-23-17(26)13(2)3)25-12-19(4,5)15-8-7-14(21)11-16(15)20;/h7-8,11,13H,6,9-10,12H2,1-5H3,(H,23,26)(H2,22,24,25);1H. The van der Waals surface area contributed by atoms with E-state index in [0.29, 0.717) is 30.6 Å². The smallest absolute Gasteiger partial charge is 0.222 e. The van der Waals surface area contributed by atoms with Gasteiger partial charge in [-0.25, -0.2) is 4.39 Å².